The highest BCUT2D eigenvalue weighted by molar-refractivity contribution is 5.86. The highest BCUT2D eigenvalue weighted by atomic mass is 19.3. The SMILES string of the molecule is CCCC1CCC(c2ccc3c(c2F)C(F)(F)N(F)c2c-3ccc(OCC)c2F)CO1. The minimum absolute atomic E-state index is 0.0663. The van der Waals surface area contributed by atoms with E-state index in [2.05, 4.69) is 0 Å². The lowest BCUT2D eigenvalue weighted by atomic mass is 9.84. The highest BCUT2D eigenvalue weighted by Gasteiger charge is 2.51. The van der Waals surface area contributed by atoms with Crippen LogP contribution >= 0.6 is 0 Å². The van der Waals surface area contributed by atoms with Crippen LogP contribution in [0.15, 0.2) is 24.3 Å². The third-order valence-electron chi connectivity index (χ3n) is 6.01. The number of rotatable bonds is 5. The van der Waals surface area contributed by atoms with Gasteiger partial charge >= 0.3 is 6.05 Å². The van der Waals surface area contributed by atoms with E-state index < -0.39 is 40.0 Å². The fourth-order valence-electron chi connectivity index (χ4n) is 4.49. The molecule has 0 amide bonds. The van der Waals surface area contributed by atoms with Gasteiger partial charge in [-0.3, -0.25) is 0 Å². The Balaban J connectivity index is 1.78. The van der Waals surface area contributed by atoms with Crippen molar-refractivity contribution in [3.05, 3.63) is 47.0 Å². The summed E-state index contributed by atoms with van der Waals surface area (Å²) in [5, 5.41) is -0.996. The van der Waals surface area contributed by atoms with Gasteiger partial charge in [0.1, 0.15) is 11.5 Å². The topological polar surface area (TPSA) is 21.7 Å². The van der Waals surface area contributed by atoms with E-state index in [4.69, 9.17) is 9.47 Å². The molecule has 31 heavy (non-hydrogen) atoms. The second kappa shape index (κ2) is 8.30. The Bertz CT molecular complexity index is 973. The average Bonchev–Trinajstić information content (AvgIpc) is 2.74. The summed E-state index contributed by atoms with van der Waals surface area (Å²) >= 11 is 0. The second-order valence-corrected chi connectivity index (χ2v) is 7.94. The molecule has 4 rings (SSSR count). The molecular formula is C23H24F5NO2. The number of hydrogen-bond acceptors (Lipinski definition) is 3. The molecule has 2 atom stereocenters. The van der Waals surface area contributed by atoms with Crippen molar-refractivity contribution < 1.29 is 31.5 Å². The zero-order valence-electron chi connectivity index (χ0n) is 17.4. The van der Waals surface area contributed by atoms with E-state index in [9.17, 15) is 8.87 Å². The van der Waals surface area contributed by atoms with Crippen LogP contribution in [0.5, 0.6) is 5.75 Å². The summed E-state index contributed by atoms with van der Waals surface area (Å²) in [5.74, 6) is -3.17. The van der Waals surface area contributed by atoms with Crippen LogP contribution < -0.4 is 9.86 Å². The molecule has 0 saturated carbocycles. The first-order valence-electron chi connectivity index (χ1n) is 10.5. The molecule has 0 N–H and O–H groups in total. The summed E-state index contributed by atoms with van der Waals surface area (Å²) in [7, 11) is 0. The first-order chi connectivity index (χ1) is 14.8. The molecule has 168 valence electrons. The quantitative estimate of drug-likeness (QED) is 0.288. The summed E-state index contributed by atoms with van der Waals surface area (Å²) in [6.45, 7) is 3.93. The molecule has 0 aliphatic carbocycles. The van der Waals surface area contributed by atoms with Crippen molar-refractivity contribution in [2.45, 2.75) is 57.6 Å². The Kier molecular flexibility index (Phi) is 5.85. The number of ether oxygens (including phenoxy) is 2. The lowest BCUT2D eigenvalue weighted by Crippen LogP contribution is -2.38. The second-order valence-electron chi connectivity index (χ2n) is 7.94. The summed E-state index contributed by atoms with van der Waals surface area (Å²) < 4.78 is 85.8. The number of halogens is 5. The van der Waals surface area contributed by atoms with Gasteiger partial charge in [-0.15, -0.1) is 5.12 Å². The number of hydrogen-bond donors (Lipinski definition) is 0. The normalized spacial score (nSPS) is 22.1. The molecule has 1 fully saturated rings. The molecule has 2 heterocycles. The van der Waals surface area contributed by atoms with E-state index in [1.807, 2.05) is 6.92 Å². The maximum atomic E-state index is 15.4. The van der Waals surface area contributed by atoms with E-state index in [0.717, 1.165) is 12.8 Å². The van der Waals surface area contributed by atoms with Crippen molar-refractivity contribution in [1.29, 1.82) is 0 Å². The van der Waals surface area contributed by atoms with Crippen LogP contribution in [0.25, 0.3) is 11.1 Å². The van der Waals surface area contributed by atoms with Crippen LogP contribution in [0.4, 0.5) is 27.7 Å². The summed E-state index contributed by atoms with van der Waals surface area (Å²) in [6, 6.07) is 0.847. The monoisotopic (exact) mass is 441 g/mol. The van der Waals surface area contributed by atoms with Crippen molar-refractivity contribution in [2.24, 2.45) is 0 Å². The van der Waals surface area contributed by atoms with Gasteiger partial charge in [0, 0.05) is 11.5 Å². The Labute approximate surface area is 177 Å². The fraction of sp³-hybridized carbons (Fsp3) is 0.478. The van der Waals surface area contributed by atoms with E-state index in [-0.39, 0.29) is 41.8 Å². The van der Waals surface area contributed by atoms with Gasteiger partial charge in [-0.05, 0) is 49.4 Å². The number of fused-ring (bicyclic) bond motifs is 3. The first-order valence-corrected chi connectivity index (χ1v) is 10.5. The van der Waals surface area contributed by atoms with Gasteiger partial charge in [0.15, 0.2) is 11.6 Å². The maximum Gasteiger partial charge on any atom is 0.381 e. The lowest BCUT2D eigenvalue weighted by molar-refractivity contribution is -0.0526. The molecular weight excluding hydrogens is 417 g/mol. The molecule has 2 aliphatic heterocycles. The Morgan fingerprint density at radius 2 is 1.81 bits per heavy atom. The largest absolute Gasteiger partial charge is 0.491 e. The van der Waals surface area contributed by atoms with Gasteiger partial charge in [-0.25, -0.2) is 8.78 Å². The number of anilines is 1. The fourth-order valence-corrected chi connectivity index (χ4v) is 4.49. The van der Waals surface area contributed by atoms with Crippen molar-refractivity contribution >= 4 is 5.69 Å². The lowest BCUT2D eigenvalue weighted by Gasteiger charge is -2.35. The van der Waals surface area contributed by atoms with Crippen molar-refractivity contribution in [1.82, 2.24) is 0 Å². The van der Waals surface area contributed by atoms with E-state index in [0.29, 0.717) is 12.8 Å². The predicted octanol–water partition coefficient (Wildman–Crippen LogP) is 6.85. The third kappa shape index (κ3) is 3.54. The standard InChI is InChI=1S/C23H24F5NO2/c1-3-5-14-7-6-13(12-31-14)15-8-9-16-17-10-11-18(30-4-2)21(25)22(17)29(28)23(26,27)19(16)20(15)24/h8-11,13-14H,3-7,12H2,1-2H3. The zero-order valence-corrected chi connectivity index (χ0v) is 17.4. The van der Waals surface area contributed by atoms with Crippen LogP contribution in [0, 0.1) is 11.6 Å². The molecule has 2 aromatic carbocycles. The molecule has 1 saturated heterocycles. The van der Waals surface area contributed by atoms with Crippen LogP contribution in [-0.2, 0) is 10.8 Å². The minimum Gasteiger partial charge on any atom is -0.491 e. The molecule has 0 radical (unpaired) electrons. The average molecular weight is 441 g/mol. The third-order valence-corrected chi connectivity index (χ3v) is 6.01. The number of nitrogens with zero attached hydrogens (tertiary/aromatic N) is 1. The van der Waals surface area contributed by atoms with Crippen molar-refractivity contribution in [2.75, 3.05) is 18.3 Å². The molecule has 2 aromatic rings. The summed E-state index contributed by atoms with van der Waals surface area (Å²) in [5.41, 5.74) is -2.37. The van der Waals surface area contributed by atoms with Gasteiger partial charge in [0.2, 0.25) is 0 Å². The zero-order chi connectivity index (χ0) is 22.3. The van der Waals surface area contributed by atoms with Crippen LogP contribution in [0.1, 0.15) is 56.6 Å². The van der Waals surface area contributed by atoms with Gasteiger partial charge in [0.25, 0.3) is 0 Å². The van der Waals surface area contributed by atoms with Crippen LogP contribution in [0.3, 0.4) is 0 Å². The molecule has 0 spiro atoms. The molecule has 2 aliphatic rings. The highest BCUT2D eigenvalue weighted by Crippen LogP contribution is 2.53. The molecule has 2 unspecified atom stereocenters. The van der Waals surface area contributed by atoms with Gasteiger partial charge in [-0.1, -0.05) is 30.0 Å². The maximum absolute atomic E-state index is 15.4. The van der Waals surface area contributed by atoms with E-state index in [1.54, 1.807) is 6.92 Å². The Morgan fingerprint density at radius 1 is 1.06 bits per heavy atom. The van der Waals surface area contributed by atoms with E-state index in [1.165, 1.54) is 24.3 Å². The van der Waals surface area contributed by atoms with E-state index >= 15 is 13.2 Å². The summed E-state index contributed by atoms with van der Waals surface area (Å²) in [4.78, 5) is 0. The molecule has 8 heteroatoms. The number of alkyl halides is 2. The van der Waals surface area contributed by atoms with Gasteiger partial charge in [-0.2, -0.15) is 8.78 Å². The molecule has 3 nitrogen and oxygen atoms in total. The van der Waals surface area contributed by atoms with Gasteiger partial charge in [0.05, 0.1) is 24.9 Å². The van der Waals surface area contributed by atoms with Crippen molar-refractivity contribution in [3.8, 4) is 16.9 Å². The van der Waals surface area contributed by atoms with Crippen LogP contribution in [-0.4, -0.2) is 19.3 Å². The summed E-state index contributed by atoms with van der Waals surface area (Å²) in [6.07, 6.45) is 3.23. The van der Waals surface area contributed by atoms with Crippen molar-refractivity contribution in [3.63, 3.8) is 0 Å². The Morgan fingerprint density at radius 3 is 2.45 bits per heavy atom. The first kappa shape index (κ1) is 21.9. The predicted molar refractivity (Wildman–Crippen MR) is 107 cm³/mol. The molecule has 0 aromatic heterocycles. The minimum atomic E-state index is -4.38. The Hall–Kier alpha value is -2.35. The van der Waals surface area contributed by atoms with Gasteiger partial charge < -0.3 is 9.47 Å². The smallest absolute Gasteiger partial charge is 0.381 e. The number of benzene rings is 2. The van der Waals surface area contributed by atoms with Crippen LogP contribution in [0.2, 0.25) is 0 Å². The molecule has 0 bridgehead atoms.